The van der Waals surface area contributed by atoms with Gasteiger partial charge in [-0.1, -0.05) is 124 Å². The van der Waals surface area contributed by atoms with Crippen LogP contribution in [0.25, 0.3) is 0 Å². The summed E-state index contributed by atoms with van der Waals surface area (Å²) in [7, 11) is 0. The van der Waals surface area contributed by atoms with E-state index in [1.165, 1.54) is 5.56 Å². The topological polar surface area (TPSA) is 208 Å². The summed E-state index contributed by atoms with van der Waals surface area (Å²) in [6.45, 7) is 5.18. The maximum absolute atomic E-state index is 11.2. The minimum absolute atomic E-state index is 0.0623. The molecule has 2 heterocycles. The third-order valence-corrected chi connectivity index (χ3v) is 11.6. The number of ether oxygens (including phenoxy) is 5. The molecule has 13 heteroatoms. The first-order valence-corrected chi connectivity index (χ1v) is 20.2. The normalized spacial score (nSPS) is 29.5. The van der Waals surface area contributed by atoms with Crippen LogP contribution in [0.5, 0.6) is 5.75 Å². The molecule has 2 fully saturated rings. The zero-order valence-electron chi connectivity index (χ0n) is 33.6. The summed E-state index contributed by atoms with van der Waals surface area (Å²) in [4.78, 5) is 0. The Morgan fingerprint density at radius 3 is 1.63 bits per heavy atom. The SMILES string of the molecule is CC(c1ccccc1)c1cc(C(C)c2ccccc2)c(OCC(O)COCC2OC(OCC3COC(O)C(O)C(O)C3O)C(O)C(O)C2O)c(C(C)c2ccccc2)c1. The van der Waals surface area contributed by atoms with Gasteiger partial charge in [-0.2, -0.15) is 0 Å². The Bertz CT molecular complexity index is 1800. The summed E-state index contributed by atoms with van der Waals surface area (Å²) in [5.41, 5.74) is 6.50. The molecule has 2 saturated heterocycles. The van der Waals surface area contributed by atoms with Gasteiger partial charge in [-0.15, -0.1) is 0 Å². The molecule has 4 aromatic rings. The van der Waals surface area contributed by atoms with E-state index in [9.17, 15) is 40.9 Å². The lowest BCUT2D eigenvalue weighted by Gasteiger charge is -2.40. The Kier molecular flexibility index (Phi) is 15.7. The van der Waals surface area contributed by atoms with Crippen LogP contribution in [-0.4, -0.2) is 135 Å². The second kappa shape index (κ2) is 20.6. The molecule has 0 bridgehead atoms. The summed E-state index contributed by atoms with van der Waals surface area (Å²) < 4.78 is 28.8. The van der Waals surface area contributed by atoms with Crippen LogP contribution >= 0.6 is 0 Å². The Morgan fingerprint density at radius 1 is 0.576 bits per heavy atom. The van der Waals surface area contributed by atoms with E-state index in [1.807, 2.05) is 54.6 Å². The van der Waals surface area contributed by atoms with E-state index in [-0.39, 0.29) is 50.8 Å². The van der Waals surface area contributed by atoms with Gasteiger partial charge in [-0.05, 0) is 22.3 Å². The third kappa shape index (κ3) is 10.8. The third-order valence-electron chi connectivity index (χ3n) is 11.6. The molecule has 6 rings (SSSR count). The van der Waals surface area contributed by atoms with Crippen LogP contribution in [-0.2, 0) is 18.9 Å². The first-order chi connectivity index (χ1) is 28.3. The van der Waals surface area contributed by atoms with Gasteiger partial charge in [0, 0.05) is 34.8 Å². The zero-order chi connectivity index (χ0) is 42.2. The van der Waals surface area contributed by atoms with E-state index in [0.29, 0.717) is 5.75 Å². The molecule has 320 valence electrons. The smallest absolute Gasteiger partial charge is 0.186 e. The van der Waals surface area contributed by atoms with E-state index in [4.69, 9.17) is 23.7 Å². The number of aliphatic hydroxyl groups is 8. The highest BCUT2D eigenvalue weighted by Crippen LogP contribution is 2.43. The van der Waals surface area contributed by atoms with Gasteiger partial charge in [-0.3, -0.25) is 0 Å². The number of rotatable bonds is 16. The molecule has 14 atom stereocenters. The Labute approximate surface area is 345 Å². The molecular weight excluding hydrogens is 760 g/mol. The molecule has 4 aromatic carbocycles. The average molecular weight is 819 g/mol. The molecular formula is C46H58O13. The molecule has 0 saturated carbocycles. The molecule has 0 aliphatic carbocycles. The fourth-order valence-electron chi connectivity index (χ4n) is 7.71. The molecule has 13 nitrogen and oxygen atoms in total. The standard InChI is InChI=1S/C46H58O13/c1-26(29-13-7-4-8-14-29)32-19-35(27(2)30-15-9-5-10-16-30)44(36(20-32)28(3)31-17-11-6-12-18-31)56-24-34(47)23-55-25-37-39(49)41(51)43(53)46(59-37)58-22-33-21-57-45(54)42(52)40(50)38(33)48/h4-20,26-28,33-34,37-43,45-54H,21-25H2,1-3H3. The maximum atomic E-state index is 11.2. The first kappa shape index (κ1) is 44.7. The van der Waals surface area contributed by atoms with Gasteiger partial charge >= 0.3 is 0 Å². The van der Waals surface area contributed by atoms with Gasteiger partial charge < -0.3 is 64.5 Å². The minimum atomic E-state index is -1.75. The van der Waals surface area contributed by atoms with Crippen LogP contribution in [0.4, 0.5) is 0 Å². The predicted octanol–water partition coefficient (Wildman–Crippen LogP) is 2.77. The molecule has 0 spiro atoms. The van der Waals surface area contributed by atoms with Gasteiger partial charge in [0.25, 0.3) is 0 Å². The molecule has 0 aromatic heterocycles. The van der Waals surface area contributed by atoms with Crippen molar-refractivity contribution in [3.05, 3.63) is 137 Å². The van der Waals surface area contributed by atoms with Crippen LogP contribution in [0, 0.1) is 5.92 Å². The van der Waals surface area contributed by atoms with Crippen molar-refractivity contribution in [2.24, 2.45) is 5.92 Å². The van der Waals surface area contributed by atoms with E-state index < -0.39 is 67.3 Å². The number of benzene rings is 4. The lowest BCUT2D eigenvalue weighted by molar-refractivity contribution is -0.307. The van der Waals surface area contributed by atoms with Crippen molar-refractivity contribution in [2.45, 2.75) is 99.9 Å². The molecule has 2 aliphatic rings. The van der Waals surface area contributed by atoms with E-state index >= 15 is 0 Å². The average Bonchev–Trinajstić information content (AvgIpc) is 3.35. The van der Waals surface area contributed by atoms with Crippen LogP contribution in [0.15, 0.2) is 103 Å². The van der Waals surface area contributed by atoms with Crippen molar-refractivity contribution in [3.8, 4) is 5.75 Å². The lowest BCUT2D eigenvalue weighted by Crippen LogP contribution is -2.59. The van der Waals surface area contributed by atoms with Crippen molar-refractivity contribution >= 4 is 0 Å². The summed E-state index contributed by atoms with van der Waals surface area (Å²) in [5.74, 6) is -0.314. The Hall–Kier alpha value is -3.80. The molecule has 0 radical (unpaired) electrons. The van der Waals surface area contributed by atoms with Gasteiger partial charge in [-0.25, -0.2) is 0 Å². The van der Waals surface area contributed by atoms with Crippen LogP contribution in [0.3, 0.4) is 0 Å². The summed E-state index contributed by atoms with van der Waals surface area (Å²) >= 11 is 0. The monoisotopic (exact) mass is 818 g/mol. The summed E-state index contributed by atoms with van der Waals surface area (Å²) in [6.07, 6.45) is -15.5. The quantitative estimate of drug-likeness (QED) is 0.0820. The minimum Gasteiger partial charge on any atom is -0.490 e. The van der Waals surface area contributed by atoms with Gasteiger partial charge in [0.1, 0.15) is 55.1 Å². The predicted molar refractivity (Wildman–Crippen MR) is 217 cm³/mol. The maximum Gasteiger partial charge on any atom is 0.186 e. The van der Waals surface area contributed by atoms with Crippen LogP contribution < -0.4 is 4.74 Å². The molecule has 0 amide bonds. The largest absolute Gasteiger partial charge is 0.490 e. The fraction of sp³-hybridized carbons (Fsp3) is 0.478. The Morgan fingerprint density at radius 2 is 1.08 bits per heavy atom. The van der Waals surface area contributed by atoms with Crippen molar-refractivity contribution < 1.29 is 64.5 Å². The van der Waals surface area contributed by atoms with E-state index in [1.54, 1.807) is 0 Å². The Balaban J connectivity index is 1.16. The zero-order valence-corrected chi connectivity index (χ0v) is 33.6. The van der Waals surface area contributed by atoms with E-state index in [2.05, 4.69) is 69.3 Å². The fourth-order valence-corrected chi connectivity index (χ4v) is 7.71. The molecule has 2 aliphatic heterocycles. The first-order valence-electron chi connectivity index (χ1n) is 20.2. The number of hydrogen-bond acceptors (Lipinski definition) is 13. The van der Waals surface area contributed by atoms with Crippen LogP contribution in [0.2, 0.25) is 0 Å². The molecule has 8 N–H and O–H groups in total. The highest BCUT2D eigenvalue weighted by atomic mass is 16.7. The summed E-state index contributed by atoms with van der Waals surface area (Å²) in [5, 5.41) is 83.5. The molecule has 59 heavy (non-hydrogen) atoms. The molecule has 14 unspecified atom stereocenters. The van der Waals surface area contributed by atoms with E-state index in [0.717, 1.165) is 27.8 Å². The van der Waals surface area contributed by atoms with Crippen molar-refractivity contribution in [3.63, 3.8) is 0 Å². The van der Waals surface area contributed by atoms with Crippen molar-refractivity contribution in [2.75, 3.05) is 33.0 Å². The van der Waals surface area contributed by atoms with Crippen molar-refractivity contribution in [1.29, 1.82) is 0 Å². The van der Waals surface area contributed by atoms with Gasteiger partial charge in [0.2, 0.25) is 0 Å². The lowest BCUT2D eigenvalue weighted by atomic mass is 9.81. The van der Waals surface area contributed by atoms with Gasteiger partial charge in [0.15, 0.2) is 12.6 Å². The van der Waals surface area contributed by atoms with Crippen LogP contribution in [0.1, 0.15) is 71.9 Å². The summed E-state index contributed by atoms with van der Waals surface area (Å²) in [6, 6.07) is 35.1. The highest BCUT2D eigenvalue weighted by molar-refractivity contribution is 5.54. The van der Waals surface area contributed by atoms with Gasteiger partial charge in [0.05, 0.1) is 32.5 Å². The highest BCUT2D eigenvalue weighted by Gasteiger charge is 2.46. The second-order valence-corrected chi connectivity index (χ2v) is 15.7. The van der Waals surface area contributed by atoms with Crippen molar-refractivity contribution in [1.82, 2.24) is 0 Å². The second-order valence-electron chi connectivity index (χ2n) is 15.7. The number of hydrogen-bond donors (Lipinski definition) is 8. The number of aliphatic hydroxyl groups excluding tert-OH is 8.